The molecule has 2 heterocycles. The number of nitrogens with zero attached hydrogens (tertiary/aromatic N) is 2. The van der Waals surface area contributed by atoms with Gasteiger partial charge in [-0.3, -0.25) is 4.79 Å². The Bertz CT molecular complexity index is 1110. The lowest BCUT2D eigenvalue weighted by Gasteiger charge is -2.10. The van der Waals surface area contributed by atoms with E-state index >= 15 is 0 Å². The van der Waals surface area contributed by atoms with Gasteiger partial charge in [-0.2, -0.15) is 0 Å². The average Bonchev–Trinajstić information content (AvgIpc) is 3.07. The fourth-order valence-electron chi connectivity index (χ4n) is 3.31. The number of aryl methyl sites for hydroxylation is 1. The standard InChI is InChI=1S/C24H20N2O/c1-17-11-14-24(26(17)2)23-10-6-9-22(25-23)19-12-13-21(20(15-19)16-27)18-7-4-3-5-8-18/h3-16H,1-2H3. The molecule has 3 heteroatoms. The van der Waals surface area contributed by atoms with Crippen molar-refractivity contribution in [3.63, 3.8) is 0 Å². The lowest BCUT2D eigenvalue weighted by atomic mass is 9.97. The van der Waals surface area contributed by atoms with E-state index in [0.29, 0.717) is 5.56 Å². The van der Waals surface area contributed by atoms with E-state index in [2.05, 4.69) is 23.6 Å². The molecule has 132 valence electrons. The first-order chi connectivity index (χ1) is 13.2. The summed E-state index contributed by atoms with van der Waals surface area (Å²) in [5.41, 5.74) is 7.61. The van der Waals surface area contributed by atoms with Gasteiger partial charge < -0.3 is 4.57 Å². The lowest BCUT2D eigenvalue weighted by Crippen LogP contribution is -1.96. The number of pyridine rings is 1. The lowest BCUT2D eigenvalue weighted by molar-refractivity contribution is 0.112. The van der Waals surface area contributed by atoms with Gasteiger partial charge >= 0.3 is 0 Å². The zero-order chi connectivity index (χ0) is 18.8. The number of benzene rings is 2. The van der Waals surface area contributed by atoms with Gasteiger partial charge in [0.1, 0.15) is 0 Å². The molecule has 0 bridgehead atoms. The number of carbonyl (C=O) groups excluding carboxylic acids is 1. The molecule has 2 aromatic carbocycles. The van der Waals surface area contributed by atoms with Crippen LogP contribution in [0.1, 0.15) is 16.1 Å². The van der Waals surface area contributed by atoms with E-state index in [-0.39, 0.29) is 0 Å². The maximum atomic E-state index is 11.7. The third kappa shape index (κ3) is 3.20. The minimum absolute atomic E-state index is 0.667. The summed E-state index contributed by atoms with van der Waals surface area (Å²) in [5, 5.41) is 0. The number of aromatic nitrogens is 2. The molecule has 27 heavy (non-hydrogen) atoms. The number of hydrogen-bond acceptors (Lipinski definition) is 2. The van der Waals surface area contributed by atoms with E-state index < -0.39 is 0 Å². The molecule has 2 aromatic heterocycles. The van der Waals surface area contributed by atoms with Crippen LogP contribution >= 0.6 is 0 Å². The van der Waals surface area contributed by atoms with Gasteiger partial charge in [0.05, 0.1) is 17.1 Å². The van der Waals surface area contributed by atoms with Crippen molar-refractivity contribution in [2.45, 2.75) is 6.92 Å². The van der Waals surface area contributed by atoms with E-state index in [1.54, 1.807) is 0 Å². The second-order valence-electron chi connectivity index (χ2n) is 6.61. The highest BCUT2D eigenvalue weighted by Gasteiger charge is 2.10. The Kier molecular flexibility index (Phi) is 4.43. The first-order valence-corrected chi connectivity index (χ1v) is 8.92. The van der Waals surface area contributed by atoms with Gasteiger partial charge in [-0.05, 0) is 48.4 Å². The van der Waals surface area contributed by atoms with Crippen LogP contribution in [-0.4, -0.2) is 15.8 Å². The van der Waals surface area contributed by atoms with Crippen LogP contribution in [0.15, 0.2) is 78.9 Å². The summed E-state index contributed by atoms with van der Waals surface area (Å²) in [7, 11) is 2.04. The van der Waals surface area contributed by atoms with Gasteiger partial charge in [0, 0.05) is 23.9 Å². The molecule has 0 saturated carbocycles. The Morgan fingerprint density at radius 2 is 1.59 bits per heavy atom. The summed E-state index contributed by atoms with van der Waals surface area (Å²) in [6.07, 6.45) is 0.913. The molecule has 3 nitrogen and oxygen atoms in total. The van der Waals surface area contributed by atoms with Crippen molar-refractivity contribution in [1.29, 1.82) is 0 Å². The monoisotopic (exact) mass is 352 g/mol. The van der Waals surface area contributed by atoms with Gasteiger partial charge in [-0.15, -0.1) is 0 Å². The average molecular weight is 352 g/mol. The van der Waals surface area contributed by atoms with Gasteiger partial charge in [0.15, 0.2) is 6.29 Å². The zero-order valence-electron chi connectivity index (χ0n) is 15.4. The molecular weight excluding hydrogens is 332 g/mol. The Morgan fingerprint density at radius 3 is 2.30 bits per heavy atom. The van der Waals surface area contributed by atoms with Gasteiger partial charge in [0.25, 0.3) is 0 Å². The molecule has 0 N–H and O–H groups in total. The molecule has 0 unspecified atom stereocenters. The summed E-state index contributed by atoms with van der Waals surface area (Å²) in [6.45, 7) is 2.08. The van der Waals surface area contributed by atoms with E-state index in [0.717, 1.165) is 40.1 Å². The first-order valence-electron chi connectivity index (χ1n) is 8.92. The van der Waals surface area contributed by atoms with Gasteiger partial charge in [-0.1, -0.05) is 48.5 Å². The normalized spacial score (nSPS) is 10.7. The highest BCUT2D eigenvalue weighted by atomic mass is 16.1. The van der Waals surface area contributed by atoms with Crippen molar-refractivity contribution in [2.24, 2.45) is 7.05 Å². The molecular formula is C24H20N2O. The van der Waals surface area contributed by atoms with Crippen LogP contribution in [0.4, 0.5) is 0 Å². The summed E-state index contributed by atoms with van der Waals surface area (Å²) in [5.74, 6) is 0. The Balaban J connectivity index is 1.77. The quantitative estimate of drug-likeness (QED) is 0.452. The van der Waals surface area contributed by atoms with Crippen LogP contribution in [0, 0.1) is 6.92 Å². The Hall–Kier alpha value is -3.46. The van der Waals surface area contributed by atoms with Crippen LogP contribution in [0.2, 0.25) is 0 Å². The minimum atomic E-state index is 0.667. The van der Waals surface area contributed by atoms with Crippen molar-refractivity contribution in [3.8, 4) is 33.8 Å². The third-order valence-corrected chi connectivity index (χ3v) is 4.94. The fraction of sp³-hybridized carbons (Fsp3) is 0.0833. The zero-order valence-corrected chi connectivity index (χ0v) is 15.4. The molecule has 0 spiro atoms. The van der Waals surface area contributed by atoms with Crippen LogP contribution < -0.4 is 0 Å². The number of hydrogen-bond donors (Lipinski definition) is 0. The smallest absolute Gasteiger partial charge is 0.150 e. The number of aldehydes is 1. The van der Waals surface area contributed by atoms with Crippen LogP contribution in [-0.2, 0) is 7.05 Å². The van der Waals surface area contributed by atoms with Crippen molar-refractivity contribution in [1.82, 2.24) is 9.55 Å². The molecule has 0 saturated heterocycles. The number of carbonyl (C=O) groups is 1. The molecule has 0 aliphatic carbocycles. The van der Waals surface area contributed by atoms with Crippen molar-refractivity contribution in [3.05, 3.63) is 90.1 Å². The predicted molar refractivity (Wildman–Crippen MR) is 110 cm³/mol. The molecule has 0 radical (unpaired) electrons. The predicted octanol–water partition coefficient (Wildman–Crippen LogP) is 5.54. The fourth-order valence-corrected chi connectivity index (χ4v) is 3.31. The van der Waals surface area contributed by atoms with Crippen molar-refractivity contribution < 1.29 is 4.79 Å². The molecule has 4 aromatic rings. The second-order valence-corrected chi connectivity index (χ2v) is 6.61. The third-order valence-electron chi connectivity index (χ3n) is 4.94. The van der Waals surface area contributed by atoms with Gasteiger partial charge in [-0.25, -0.2) is 4.98 Å². The highest BCUT2D eigenvalue weighted by Crippen LogP contribution is 2.29. The summed E-state index contributed by atoms with van der Waals surface area (Å²) >= 11 is 0. The summed E-state index contributed by atoms with van der Waals surface area (Å²) in [6, 6.07) is 26.0. The summed E-state index contributed by atoms with van der Waals surface area (Å²) < 4.78 is 2.13. The second kappa shape index (κ2) is 7.04. The Morgan fingerprint density at radius 1 is 0.815 bits per heavy atom. The van der Waals surface area contributed by atoms with Crippen molar-refractivity contribution in [2.75, 3.05) is 0 Å². The highest BCUT2D eigenvalue weighted by molar-refractivity contribution is 5.90. The van der Waals surface area contributed by atoms with E-state index in [1.807, 2.05) is 73.8 Å². The SMILES string of the molecule is Cc1ccc(-c2cccc(-c3ccc(-c4ccccc4)c(C=O)c3)n2)n1C. The topological polar surface area (TPSA) is 34.9 Å². The molecule has 4 rings (SSSR count). The maximum absolute atomic E-state index is 11.7. The minimum Gasteiger partial charge on any atom is -0.347 e. The van der Waals surface area contributed by atoms with Gasteiger partial charge in [0.2, 0.25) is 0 Å². The molecule has 0 fully saturated rings. The van der Waals surface area contributed by atoms with Crippen LogP contribution in [0.3, 0.4) is 0 Å². The van der Waals surface area contributed by atoms with Crippen LogP contribution in [0.5, 0.6) is 0 Å². The molecule has 0 atom stereocenters. The van der Waals surface area contributed by atoms with Crippen LogP contribution in [0.25, 0.3) is 33.8 Å². The van der Waals surface area contributed by atoms with E-state index in [4.69, 9.17) is 4.98 Å². The molecule has 0 amide bonds. The molecule has 0 aliphatic heterocycles. The summed E-state index contributed by atoms with van der Waals surface area (Å²) in [4.78, 5) is 16.5. The number of rotatable bonds is 4. The maximum Gasteiger partial charge on any atom is 0.150 e. The largest absolute Gasteiger partial charge is 0.347 e. The van der Waals surface area contributed by atoms with E-state index in [9.17, 15) is 4.79 Å². The Labute approximate surface area is 158 Å². The first kappa shape index (κ1) is 17.0. The van der Waals surface area contributed by atoms with E-state index in [1.165, 1.54) is 5.69 Å². The van der Waals surface area contributed by atoms with Crippen molar-refractivity contribution >= 4 is 6.29 Å². The molecule has 0 aliphatic rings.